The van der Waals surface area contributed by atoms with Gasteiger partial charge in [-0.3, -0.25) is 0 Å². The molecule has 282 valence electrons. The molecular weight excluding hydrogens is 677 g/mol. The topological polar surface area (TPSA) is 8.82 Å². The molecule has 4 heterocycles. The van der Waals surface area contributed by atoms with Gasteiger partial charge in [-0.25, -0.2) is 0 Å². The van der Waals surface area contributed by atoms with Crippen LogP contribution in [0.4, 0.5) is 0 Å². The summed E-state index contributed by atoms with van der Waals surface area (Å²) in [5.74, 6) is 2.97. The molecule has 0 N–H and O–H groups in total. The highest BCUT2D eigenvalue weighted by molar-refractivity contribution is 6.30. The van der Waals surface area contributed by atoms with E-state index in [0.29, 0.717) is 0 Å². The monoisotopic (exact) mass is 732 g/mol. The molecule has 2 heteroatoms. The Morgan fingerprint density at radius 3 is 1.20 bits per heavy atom. The summed E-state index contributed by atoms with van der Waals surface area (Å²) < 4.78 is 5.45. The van der Waals surface area contributed by atoms with E-state index < -0.39 is 0 Å². The lowest BCUT2D eigenvalue weighted by molar-refractivity contribution is 0.382. The Morgan fingerprint density at radius 1 is 0.429 bits per heavy atom. The van der Waals surface area contributed by atoms with E-state index in [4.69, 9.17) is 0 Å². The lowest BCUT2D eigenvalue weighted by Crippen LogP contribution is -2.23. The van der Waals surface area contributed by atoms with Gasteiger partial charge in [0.2, 0.25) is 0 Å². The maximum atomic E-state index is 2.72. The molecule has 4 bridgehead atoms. The van der Waals surface area contributed by atoms with E-state index in [2.05, 4.69) is 111 Å². The van der Waals surface area contributed by atoms with Crippen molar-refractivity contribution in [3.63, 3.8) is 0 Å². The highest BCUT2D eigenvalue weighted by Gasteiger charge is 2.41. The van der Waals surface area contributed by atoms with Crippen molar-refractivity contribution in [3.05, 3.63) is 94.0 Å². The van der Waals surface area contributed by atoms with Crippen LogP contribution in [0, 0.1) is 0 Å². The second-order valence-electron chi connectivity index (χ2n) is 19.4. The first kappa shape index (κ1) is 32.8. The fraction of sp³-hybridized carbons (Fsp3) is 0.444. The van der Waals surface area contributed by atoms with Crippen LogP contribution in [-0.4, -0.2) is 8.80 Å². The Morgan fingerprint density at radius 2 is 0.804 bits per heavy atom. The standard InChI is InChI=1S/C54H56N2/c1-7-53(8-2,9-3)33-23-39-37-27-46-38(28-45(37)55-43-19-17-35-29-13-15-31(21-29)47(35)49(43)41(25-33)51(39)55)40-24-34(54(10-4,11-5)12-6)26-42-50-44(56(46)52(40)42)20-18-36-30-14-16-32(22-30)48(36)50/h17-20,23-32H,7-16,21-22H2,1-6H3. The number of aromatic nitrogens is 2. The number of benzene rings is 5. The van der Waals surface area contributed by atoms with Gasteiger partial charge >= 0.3 is 0 Å². The van der Waals surface area contributed by atoms with Crippen molar-refractivity contribution in [2.75, 3.05) is 0 Å². The van der Waals surface area contributed by atoms with E-state index in [1.807, 2.05) is 0 Å². The Labute approximate surface area is 330 Å². The van der Waals surface area contributed by atoms with Crippen molar-refractivity contribution < 1.29 is 0 Å². The largest absolute Gasteiger partial charge is 0.308 e. The number of rotatable bonds is 8. The molecule has 2 nitrogen and oxygen atoms in total. The Bertz CT molecular complexity index is 2910. The first-order valence-electron chi connectivity index (χ1n) is 22.9. The van der Waals surface area contributed by atoms with Crippen molar-refractivity contribution in [1.82, 2.24) is 8.80 Å². The molecule has 0 amide bonds. The van der Waals surface area contributed by atoms with Crippen LogP contribution in [0.3, 0.4) is 0 Å². The Kier molecular flexibility index (Phi) is 6.31. The number of nitrogens with zero attached hydrogens (tertiary/aromatic N) is 2. The van der Waals surface area contributed by atoms with Gasteiger partial charge in [0.1, 0.15) is 0 Å². The van der Waals surface area contributed by atoms with Crippen LogP contribution in [0.25, 0.3) is 76.2 Å². The summed E-state index contributed by atoms with van der Waals surface area (Å²) in [7, 11) is 0. The third kappa shape index (κ3) is 3.57. The van der Waals surface area contributed by atoms with Gasteiger partial charge in [-0.2, -0.15) is 0 Å². The predicted octanol–water partition coefficient (Wildman–Crippen LogP) is 15.7. The molecule has 0 spiro atoms. The zero-order valence-electron chi connectivity index (χ0n) is 34.5. The highest BCUT2D eigenvalue weighted by atomic mass is 14.9. The molecule has 4 unspecified atom stereocenters. The first-order chi connectivity index (χ1) is 27.4. The summed E-state index contributed by atoms with van der Waals surface area (Å²) in [6, 6.07) is 26.1. The molecule has 2 saturated carbocycles. The van der Waals surface area contributed by atoms with Crippen molar-refractivity contribution in [3.8, 4) is 0 Å². The molecule has 4 atom stereocenters. The second kappa shape index (κ2) is 10.8. The minimum absolute atomic E-state index is 0.190. The van der Waals surface area contributed by atoms with Crippen molar-refractivity contribution in [2.24, 2.45) is 0 Å². The van der Waals surface area contributed by atoms with Crippen LogP contribution in [-0.2, 0) is 10.8 Å². The van der Waals surface area contributed by atoms with E-state index in [0.717, 1.165) is 23.7 Å². The maximum absolute atomic E-state index is 2.72. The van der Waals surface area contributed by atoms with E-state index in [1.165, 1.54) is 142 Å². The van der Waals surface area contributed by atoms with Crippen molar-refractivity contribution in [2.45, 2.75) is 153 Å². The fourth-order valence-electron chi connectivity index (χ4n) is 14.8. The third-order valence-corrected chi connectivity index (χ3v) is 18.2. The molecule has 9 aromatic rings. The van der Waals surface area contributed by atoms with Gasteiger partial charge in [-0.15, -0.1) is 0 Å². The van der Waals surface area contributed by atoms with Crippen LogP contribution < -0.4 is 0 Å². The number of fused-ring (bicyclic) bond motifs is 24. The van der Waals surface area contributed by atoms with Crippen LogP contribution in [0.1, 0.15) is 176 Å². The van der Waals surface area contributed by atoms with Crippen LogP contribution in [0.2, 0.25) is 0 Å². The summed E-state index contributed by atoms with van der Waals surface area (Å²) >= 11 is 0. The molecule has 0 radical (unpaired) electrons. The van der Waals surface area contributed by atoms with Crippen molar-refractivity contribution in [1.29, 1.82) is 0 Å². The number of hydrogen-bond acceptors (Lipinski definition) is 0. The molecule has 2 fully saturated rings. The zero-order valence-corrected chi connectivity index (χ0v) is 34.5. The smallest absolute Gasteiger partial charge is 0.0620 e. The minimum Gasteiger partial charge on any atom is -0.308 e. The van der Waals surface area contributed by atoms with Gasteiger partial charge in [0.15, 0.2) is 0 Å². The van der Waals surface area contributed by atoms with E-state index in [-0.39, 0.29) is 10.8 Å². The highest BCUT2D eigenvalue weighted by Crippen LogP contribution is 2.59. The summed E-state index contributed by atoms with van der Waals surface area (Å²) in [4.78, 5) is 0. The second-order valence-corrected chi connectivity index (χ2v) is 19.4. The Hall–Kier alpha value is -4.30. The zero-order chi connectivity index (χ0) is 37.6. The van der Waals surface area contributed by atoms with Gasteiger partial charge in [0.25, 0.3) is 0 Å². The van der Waals surface area contributed by atoms with Crippen LogP contribution >= 0.6 is 0 Å². The van der Waals surface area contributed by atoms with E-state index in [9.17, 15) is 0 Å². The molecular formula is C54H56N2. The first-order valence-corrected chi connectivity index (χ1v) is 22.9. The molecule has 0 aliphatic heterocycles. The minimum atomic E-state index is 0.190. The maximum Gasteiger partial charge on any atom is 0.0620 e. The summed E-state index contributed by atoms with van der Waals surface area (Å²) in [6.45, 7) is 14.6. The van der Waals surface area contributed by atoms with Crippen LogP contribution in [0.5, 0.6) is 0 Å². The van der Waals surface area contributed by atoms with Gasteiger partial charge < -0.3 is 8.80 Å². The average Bonchev–Trinajstić information content (AvgIpc) is 4.12. The summed E-state index contributed by atoms with van der Waals surface area (Å²) in [5, 5.41) is 12.0. The summed E-state index contributed by atoms with van der Waals surface area (Å²) in [5.41, 5.74) is 18.8. The molecule has 4 aliphatic carbocycles. The Balaban J connectivity index is 1.23. The SMILES string of the molecule is CCC(CC)(CC)c1cc2c3cc4c(cc3n3c5ccc6c(c5c(c1)c23)C1CCC6C1)c1cc(C(CC)(CC)CC)cc2c3c5c(ccc3n4c12)C1CCC5C1. The van der Waals surface area contributed by atoms with E-state index in [1.54, 1.807) is 44.2 Å². The normalized spacial score (nSPS) is 22.1. The third-order valence-electron chi connectivity index (χ3n) is 18.2. The average molecular weight is 733 g/mol. The van der Waals surface area contributed by atoms with Gasteiger partial charge in [-0.05, 0) is 193 Å². The lowest BCUT2D eigenvalue weighted by Gasteiger charge is -2.31. The van der Waals surface area contributed by atoms with Gasteiger partial charge in [0.05, 0.1) is 33.1 Å². The molecule has 56 heavy (non-hydrogen) atoms. The van der Waals surface area contributed by atoms with Gasteiger partial charge in [-0.1, -0.05) is 53.7 Å². The number of hydrogen-bond donors (Lipinski definition) is 0. The van der Waals surface area contributed by atoms with Crippen LogP contribution in [0.15, 0.2) is 60.7 Å². The molecule has 0 saturated heterocycles. The molecule has 4 aliphatic rings. The molecule has 5 aromatic carbocycles. The van der Waals surface area contributed by atoms with E-state index >= 15 is 0 Å². The van der Waals surface area contributed by atoms with Gasteiger partial charge in [0, 0.05) is 43.1 Å². The molecule has 4 aromatic heterocycles. The predicted molar refractivity (Wildman–Crippen MR) is 240 cm³/mol. The quantitative estimate of drug-likeness (QED) is 0.147. The lowest BCUT2D eigenvalue weighted by atomic mass is 9.73. The molecule has 13 rings (SSSR count). The summed E-state index contributed by atoms with van der Waals surface area (Å²) in [6.07, 6.45) is 15.3. The van der Waals surface area contributed by atoms with Crippen molar-refractivity contribution >= 4 is 76.2 Å². The fourth-order valence-corrected chi connectivity index (χ4v) is 14.8.